The van der Waals surface area contributed by atoms with E-state index in [1.807, 2.05) is 13.8 Å². The van der Waals surface area contributed by atoms with Gasteiger partial charge in [0.05, 0.1) is 10.6 Å². The highest BCUT2D eigenvalue weighted by Crippen LogP contribution is 2.27. The van der Waals surface area contributed by atoms with Crippen molar-refractivity contribution in [1.29, 1.82) is 0 Å². The molecule has 1 aliphatic rings. The fraction of sp³-hybridized carbons (Fsp3) is 0.318. The Labute approximate surface area is 185 Å². The van der Waals surface area contributed by atoms with Gasteiger partial charge in [-0.25, -0.2) is 0 Å². The van der Waals surface area contributed by atoms with Gasteiger partial charge in [-0.1, -0.05) is 29.3 Å². The number of anilines is 1. The van der Waals surface area contributed by atoms with E-state index in [2.05, 4.69) is 10.6 Å². The molecule has 6 nitrogen and oxygen atoms in total. The zero-order valence-corrected chi connectivity index (χ0v) is 18.3. The smallest absolute Gasteiger partial charge is 0.256 e. The molecule has 0 saturated carbocycles. The lowest BCUT2D eigenvalue weighted by Gasteiger charge is -2.25. The first-order chi connectivity index (χ1) is 14.3. The Morgan fingerprint density at radius 2 is 1.90 bits per heavy atom. The molecule has 3 amide bonds. The van der Waals surface area contributed by atoms with Gasteiger partial charge >= 0.3 is 0 Å². The highest BCUT2D eigenvalue weighted by molar-refractivity contribution is 6.35. The number of hydrogen-bond donors (Lipinski definition) is 2. The maximum atomic E-state index is 13.0. The molecule has 2 N–H and O–H groups in total. The van der Waals surface area contributed by atoms with Crippen LogP contribution in [0.3, 0.4) is 0 Å². The van der Waals surface area contributed by atoms with Crippen molar-refractivity contribution in [3.05, 3.63) is 63.1 Å². The molecular formula is C22H23Cl2N3O3. The minimum absolute atomic E-state index is 0.207. The van der Waals surface area contributed by atoms with E-state index in [1.165, 1.54) is 11.0 Å². The number of aryl methyl sites for hydroxylation is 1. The minimum Gasteiger partial charge on any atom is -0.352 e. The van der Waals surface area contributed by atoms with Gasteiger partial charge in [0.15, 0.2) is 0 Å². The average Bonchev–Trinajstić information content (AvgIpc) is 3.21. The van der Waals surface area contributed by atoms with Crippen LogP contribution < -0.4 is 10.6 Å². The predicted molar refractivity (Wildman–Crippen MR) is 118 cm³/mol. The van der Waals surface area contributed by atoms with Crippen LogP contribution in [0.25, 0.3) is 0 Å². The Kier molecular flexibility index (Phi) is 7.00. The first-order valence-electron chi connectivity index (χ1n) is 9.77. The molecule has 2 aromatic carbocycles. The molecule has 1 heterocycles. The molecule has 0 bridgehead atoms. The normalized spacial score (nSPS) is 15.7. The molecule has 0 spiro atoms. The molecule has 1 saturated heterocycles. The number of nitrogens with zero attached hydrogens (tertiary/aromatic N) is 1. The van der Waals surface area contributed by atoms with Crippen LogP contribution in [0.15, 0.2) is 36.4 Å². The summed E-state index contributed by atoms with van der Waals surface area (Å²) in [5.74, 6) is -0.829. The summed E-state index contributed by atoms with van der Waals surface area (Å²) in [5, 5.41) is 6.32. The van der Waals surface area contributed by atoms with Crippen molar-refractivity contribution in [2.24, 2.45) is 0 Å². The lowest BCUT2D eigenvalue weighted by Crippen LogP contribution is -2.43. The summed E-state index contributed by atoms with van der Waals surface area (Å²) < 4.78 is 0. The second-order valence-electron chi connectivity index (χ2n) is 7.16. The van der Waals surface area contributed by atoms with E-state index >= 15 is 0 Å². The number of hydrogen-bond acceptors (Lipinski definition) is 3. The maximum absolute atomic E-state index is 13.0. The zero-order valence-electron chi connectivity index (χ0n) is 16.8. The Morgan fingerprint density at radius 1 is 1.13 bits per heavy atom. The van der Waals surface area contributed by atoms with Crippen molar-refractivity contribution < 1.29 is 14.4 Å². The number of nitrogens with one attached hydrogen (secondary N) is 2. The van der Waals surface area contributed by atoms with Gasteiger partial charge in [0, 0.05) is 29.4 Å². The summed E-state index contributed by atoms with van der Waals surface area (Å²) >= 11 is 12.2. The summed E-state index contributed by atoms with van der Waals surface area (Å²) in [7, 11) is 0. The standard InChI is InChI=1S/C22H23Cl2N3O3/c1-3-25-20(28)14-7-6-13(2)18(11-14)26-21(29)19-5-4-10-27(19)22(30)16-12-15(23)8-9-17(16)24/h6-9,11-12,19H,3-5,10H2,1-2H3,(H,25,28)(H,26,29). The summed E-state index contributed by atoms with van der Waals surface area (Å²) in [6.07, 6.45) is 1.25. The Bertz CT molecular complexity index is 994. The molecule has 0 aliphatic carbocycles. The van der Waals surface area contributed by atoms with E-state index in [4.69, 9.17) is 23.2 Å². The van der Waals surface area contributed by atoms with Gasteiger partial charge < -0.3 is 15.5 Å². The first-order valence-corrected chi connectivity index (χ1v) is 10.5. The molecule has 1 fully saturated rings. The second-order valence-corrected chi connectivity index (χ2v) is 8.00. The first kappa shape index (κ1) is 22.1. The highest BCUT2D eigenvalue weighted by Gasteiger charge is 2.35. The summed E-state index contributed by atoms with van der Waals surface area (Å²) in [6, 6.07) is 9.20. The van der Waals surface area contributed by atoms with Crippen molar-refractivity contribution in [1.82, 2.24) is 10.2 Å². The molecule has 8 heteroatoms. The van der Waals surface area contributed by atoms with Crippen molar-refractivity contribution >= 4 is 46.6 Å². The van der Waals surface area contributed by atoms with Crippen molar-refractivity contribution in [3.63, 3.8) is 0 Å². The minimum atomic E-state index is -0.625. The van der Waals surface area contributed by atoms with Crippen LogP contribution in [0.2, 0.25) is 10.0 Å². The number of benzene rings is 2. The van der Waals surface area contributed by atoms with Crippen LogP contribution in [0.5, 0.6) is 0 Å². The van der Waals surface area contributed by atoms with E-state index in [0.717, 1.165) is 5.56 Å². The highest BCUT2D eigenvalue weighted by atomic mass is 35.5. The van der Waals surface area contributed by atoms with Crippen LogP contribution in [0.1, 0.15) is 46.0 Å². The van der Waals surface area contributed by atoms with Crippen molar-refractivity contribution in [2.45, 2.75) is 32.7 Å². The Morgan fingerprint density at radius 3 is 2.63 bits per heavy atom. The van der Waals surface area contributed by atoms with Crippen LogP contribution in [0, 0.1) is 6.92 Å². The second kappa shape index (κ2) is 9.49. The number of likely N-dealkylation sites (tertiary alicyclic amines) is 1. The summed E-state index contributed by atoms with van der Waals surface area (Å²) in [6.45, 7) is 4.66. The average molecular weight is 448 g/mol. The SMILES string of the molecule is CCNC(=O)c1ccc(C)c(NC(=O)C2CCCN2C(=O)c2cc(Cl)ccc2Cl)c1. The molecule has 1 atom stereocenters. The number of carbonyl (C=O) groups excluding carboxylic acids is 3. The van der Waals surface area contributed by atoms with Gasteiger partial charge in [-0.2, -0.15) is 0 Å². The van der Waals surface area contributed by atoms with Gasteiger partial charge in [-0.05, 0) is 62.6 Å². The summed E-state index contributed by atoms with van der Waals surface area (Å²) in [5.41, 5.74) is 2.11. The van der Waals surface area contributed by atoms with Gasteiger partial charge in [0.25, 0.3) is 11.8 Å². The van der Waals surface area contributed by atoms with Crippen LogP contribution in [-0.2, 0) is 4.79 Å². The molecule has 158 valence electrons. The number of carbonyl (C=O) groups is 3. The molecule has 30 heavy (non-hydrogen) atoms. The van der Waals surface area contributed by atoms with Crippen LogP contribution in [-0.4, -0.2) is 41.8 Å². The third-order valence-electron chi connectivity index (χ3n) is 5.07. The van der Waals surface area contributed by atoms with E-state index in [9.17, 15) is 14.4 Å². The quantitative estimate of drug-likeness (QED) is 0.716. The molecule has 1 unspecified atom stereocenters. The largest absolute Gasteiger partial charge is 0.352 e. The third kappa shape index (κ3) is 4.77. The fourth-order valence-electron chi connectivity index (χ4n) is 3.48. The van der Waals surface area contributed by atoms with Gasteiger partial charge in [0.1, 0.15) is 6.04 Å². The summed E-state index contributed by atoms with van der Waals surface area (Å²) in [4.78, 5) is 39.7. The van der Waals surface area contributed by atoms with E-state index in [0.29, 0.717) is 47.2 Å². The van der Waals surface area contributed by atoms with E-state index in [-0.39, 0.29) is 23.3 Å². The molecule has 3 rings (SSSR count). The van der Waals surface area contributed by atoms with Crippen molar-refractivity contribution in [2.75, 3.05) is 18.4 Å². The van der Waals surface area contributed by atoms with Gasteiger partial charge in [-0.3, -0.25) is 14.4 Å². The van der Waals surface area contributed by atoms with Crippen LogP contribution in [0.4, 0.5) is 5.69 Å². The maximum Gasteiger partial charge on any atom is 0.256 e. The van der Waals surface area contributed by atoms with Gasteiger partial charge in [0.2, 0.25) is 5.91 Å². The number of halogens is 2. The topological polar surface area (TPSA) is 78.5 Å². The molecule has 1 aliphatic heterocycles. The lowest BCUT2D eigenvalue weighted by atomic mass is 10.1. The predicted octanol–water partition coefficient (Wildman–Crippen LogP) is 4.29. The molecule has 0 radical (unpaired) electrons. The number of amides is 3. The Hall–Kier alpha value is -2.57. The zero-order chi connectivity index (χ0) is 21.8. The molecule has 0 aromatic heterocycles. The number of rotatable bonds is 5. The Balaban J connectivity index is 1.79. The van der Waals surface area contributed by atoms with Gasteiger partial charge in [-0.15, -0.1) is 0 Å². The molecular weight excluding hydrogens is 425 g/mol. The van der Waals surface area contributed by atoms with Crippen molar-refractivity contribution in [3.8, 4) is 0 Å². The molecule has 2 aromatic rings. The third-order valence-corrected chi connectivity index (χ3v) is 5.63. The van der Waals surface area contributed by atoms with E-state index in [1.54, 1.807) is 30.3 Å². The van der Waals surface area contributed by atoms with E-state index < -0.39 is 6.04 Å². The lowest BCUT2D eigenvalue weighted by molar-refractivity contribution is -0.119. The van der Waals surface area contributed by atoms with Crippen LogP contribution >= 0.6 is 23.2 Å². The fourth-order valence-corrected chi connectivity index (χ4v) is 3.85. The monoisotopic (exact) mass is 447 g/mol.